The highest BCUT2D eigenvalue weighted by molar-refractivity contribution is 5.74. The molecule has 3 nitrogen and oxygen atoms in total. The first kappa shape index (κ1) is 9.77. The number of hydrogen-bond acceptors (Lipinski definition) is 2. The van der Waals surface area contributed by atoms with Crippen LogP contribution in [0.15, 0.2) is 42.4 Å². The second-order valence-corrected chi connectivity index (χ2v) is 3.43. The molecule has 2 rings (SSSR count). The van der Waals surface area contributed by atoms with E-state index in [1.807, 2.05) is 30.3 Å². The summed E-state index contributed by atoms with van der Waals surface area (Å²) >= 11 is 0. The second kappa shape index (κ2) is 4.64. The van der Waals surface area contributed by atoms with Crippen molar-refractivity contribution in [2.75, 3.05) is 6.61 Å². The van der Waals surface area contributed by atoms with Crippen LogP contribution in [-0.4, -0.2) is 24.1 Å². The Labute approximate surface area is 88.3 Å². The number of aliphatic hydroxyl groups excluding tert-OH is 1. The Balaban J connectivity index is 1.81. The SMILES string of the molecule is OC1=CO[C@H](C[O+]=Cc2ccccc2)C1. The van der Waals surface area contributed by atoms with Crippen molar-refractivity contribution < 1.29 is 14.3 Å². The fourth-order valence-corrected chi connectivity index (χ4v) is 1.39. The fraction of sp³-hybridized carbons (Fsp3) is 0.250. The highest BCUT2D eigenvalue weighted by Crippen LogP contribution is 2.14. The topological polar surface area (TPSA) is 40.8 Å². The van der Waals surface area contributed by atoms with Crippen molar-refractivity contribution in [1.29, 1.82) is 0 Å². The van der Waals surface area contributed by atoms with E-state index in [2.05, 4.69) is 0 Å². The van der Waals surface area contributed by atoms with Crippen molar-refractivity contribution in [3.63, 3.8) is 0 Å². The van der Waals surface area contributed by atoms with Gasteiger partial charge in [0.05, 0.1) is 12.0 Å². The summed E-state index contributed by atoms with van der Waals surface area (Å²) in [5.41, 5.74) is 1.02. The maximum absolute atomic E-state index is 9.09. The third kappa shape index (κ3) is 2.84. The Kier molecular flexibility index (Phi) is 3.02. The molecule has 1 aromatic rings. The lowest BCUT2D eigenvalue weighted by atomic mass is 10.2. The predicted octanol–water partition coefficient (Wildman–Crippen LogP) is 2.22. The van der Waals surface area contributed by atoms with Crippen LogP contribution in [0.2, 0.25) is 0 Å². The number of carbonyl (C=O) groups excluding carboxylic acids is 1. The van der Waals surface area contributed by atoms with Crippen LogP contribution in [0, 0.1) is 0 Å². The quantitative estimate of drug-likeness (QED) is 0.607. The van der Waals surface area contributed by atoms with E-state index in [1.54, 1.807) is 6.29 Å². The van der Waals surface area contributed by atoms with Crippen molar-refractivity contribution in [3.8, 4) is 0 Å². The van der Waals surface area contributed by atoms with Crippen LogP contribution in [0.3, 0.4) is 0 Å². The van der Waals surface area contributed by atoms with E-state index < -0.39 is 0 Å². The minimum absolute atomic E-state index is 0.0648. The Morgan fingerprint density at radius 1 is 1.40 bits per heavy atom. The Morgan fingerprint density at radius 3 is 2.87 bits per heavy atom. The van der Waals surface area contributed by atoms with Crippen LogP contribution in [0.5, 0.6) is 0 Å². The maximum Gasteiger partial charge on any atom is 0.315 e. The largest absolute Gasteiger partial charge is 0.509 e. The molecule has 0 fully saturated rings. The van der Waals surface area contributed by atoms with Gasteiger partial charge in [0.1, 0.15) is 12.0 Å². The zero-order valence-corrected chi connectivity index (χ0v) is 8.30. The molecule has 1 aliphatic rings. The molecule has 1 N–H and O–H groups in total. The summed E-state index contributed by atoms with van der Waals surface area (Å²) in [5.74, 6) is 0.281. The molecular formula is C12H13O3+. The minimum Gasteiger partial charge on any atom is -0.509 e. The van der Waals surface area contributed by atoms with Crippen LogP contribution < -0.4 is 0 Å². The van der Waals surface area contributed by atoms with Crippen molar-refractivity contribution in [3.05, 3.63) is 47.9 Å². The maximum atomic E-state index is 9.09. The first-order valence-corrected chi connectivity index (χ1v) is 4.88. The van der Waals surface area contributed by atoms with Crippen molar-refractivity contribution in [1.82, 2.24) is 0 Å². The van der Waals surface area contributed by atoms with Crippen LogP contribution in [0.1, 0.15) is 16.4 Å². The minimum atomic E-state index is -0.0648. The first-order chi connectivity index (χ1) is 7.34. The summed E-state index contributed by atoms with van der Waals surface area (Å²) in [6.07, 6.45) is 3.53. The Morgan fingerprint density at radius 2 is 2.20 bits per heavy atom. The summed E-state index contributed by atoms with van der Waals surface area (Å²) < 4.78 is 10.5. The van der Waals surface area contributed by atoms with Gasteiger partial charge in [-0.05, 0) is 12.1 Å². The van der Waals surface area contributed by atoms with E-state index in [-0.39, 0.29) is 11.9 Å². The molecule has 1 heterocycles. The molecule has 3 heteroatoms. The van der Waals surface area contributed by atoms with Gasteiger partial charge >= 0.3 is 6.29 Å². The van der Waals surface area contributed by atoms with Gasteiger partial charge < -0.3 is 9.84 Å². The molecule has 1 aliphatic heterocycles. The lowest BCUT2D eigenvalue weighted by molar-refractivity contribution is -0.284. The van der Waals surface area contributed by atoms with Gasteiger partial charge in [0, 0.05) is 0 Å². The molecule has 1 aromatic carbocycles. The third-order valence-electron chi connectivity index (χ3n) is 2.13. The van der Waals surface area contributed by atoms with E-state index >= 15 is 0 Å². The lowest BCUT2D eigenvalue weighted by Gasteiger charge is -1.98. The summed E-state index contributed by atoms with van der Waals surface area (Å²) in [4.78, 5) is 0. The number of ether oxygens (including phenoxy) is 1. The van der Waals surface area contributed by atoms with E-state index in [1.165, 1.54) is 6.26 Å². The Bertz CT molecular complexity index is 368. The average Bonchev–Trinajstić information content (AvgIpc) is 2.66. The molecule has 0 saturated carbocycles. The summed E-state index contributed by atoms with van der Waals surface area (Å²) in [7, 11) is 0. The van der Waals surface area contributed by atoms with Crippen LogP contribution in [0.25, 0.3) is 0 Å². The van der Waals surface area contributed by atoms with Crippen molar-refractivity contribution in [2.24, 2.45) is 0 Å². The van der Waals surface area contributed by atoms with Crippen LogP contribution in [0.4, 0.5) is 0 Å². The van der Waals surface area contributed by atoms with Gasteiger partial charge in [-0.15, -0.1) is 0 Å². The number of aldehydes is 1. The molecule has 0 bridgehead atoms. The molecule has 0 radical (unpaired) electrons. The monoisotopic (exact) mass is 205 g/mol. The fourth-order valence-electron chi connectivity index (χ4n) is 1.39. The van der Waals surface area contributed by atoms with Gasteiger partial charge in [-0.2, -0.15) is 0 Å². The molecule has 0 amide bonds. The van der Waals surface area contributed by atoms with E-state index in [4.69, 9.17) is 14.3 Å². The van der Waals surface area contributed by atoms with Crippen LogP contribution >= 0.6 is 0 Å². The van der Waals surface area contributed by atoms with Crippen molar-refractivity contribution >= 4 is 6.29 Å². The predicted molar refractivity (Wildman–Crippen MR) is 56.9 cm³/mol. The van der Waals surface area contributed by atoms with E-state index in [0.717, 1.165) is 5.56 Å². The third-order valence-corrected chi connectivity index (χ3v) is 2.13. The van der Waals surface area contributed by atoms with Gasteiger partial charge in [0.2, 0.25) is 0 Å². The highest BCUT2D eigenvalue weighted by atomic mass is 16.5. The summed E-state index contributed by atoms with van der Waals surface area (Å²) in [6, 6.07) is 9.79. The molecular weight excluding hydrogens is 192 g/mol. The second-order valence-electron chi connectivity index (χ2n) is 3.43. The zero-order valence-electron chi connectivity index (χ0n) is 8.30. The molecule has 78 valence electrons. The van der Waals surface area contributed by atoms with Gasteiger partial charge in [-0.25, -0.2) is 0 Å². The standard InChI is InChI=1S/C12H12O3/c13-11-6-12(15-8-11)9-14-7-10-4-2-1-3-5-10/h1-5,7-8,12H,6,9H2/p+1/t12-/m0/s1. The average molecular weight is 205 g/mol. The normalized spacial score (nSPS) is 20.3. The molecule has 0 aliphatic carbocycles. The van der Waals surface area contributed by atoms with Gasteiger partial charge in [-0.1, -0.05) is 18.2 Å². The smallest absolute Gasteiger partial charge is 0.315 e. The van der Waals surface area contributed by atoms with Gasteiger partial charge in [0.15, 0.2) is 6.10 Å². The summed E-state index contributed by atoms with van der Waals surface area (Å²) in [6.45, 7) is 0.454. The first-order valence-electron chi connectivity index (χ1n) is 4.88. The van der Waals surface area contributed by atoms with Crippen LogP contribution in [-0.2, 0) is 4.74 Å². The molecule has 0 aromatic heterocycles. The summed E-state index contributed by atoms with van der Waals surface area (Å²) in [5, 5.41) is 9.09. The van der Waals surface area contributed by atoms with Crippen molar-refractivity contribution in [2.45, 2.75) is 12.5 Å². The number of benzene rings is 1. The number of rotatable bonds is 3. The van der Waals surface area contributed by atoms with E-state index in [9.17, 15) is 0 Å². The molecule has 0 saturated heterocycles. The highest BCUT2D eigenvalue weighted by Gasteiger charge is 2.21. The zero-order chi connectivity index (χ0) is 10.5. The molecule has 0 spiro atoms. The molecule has 0 unspecified atom stereocenters. The number of aliphatic hydroxyl groups is 1. The Hall–Kier alpha value is -1.77. The molecule has 1 atom stereocenters. The van der Waals surface area contributed by atoms with Gasteiger partial charge in [0.25, 0.3) is 6.61 Å². The van der Waals surface area contributed by atoms with E-state index in [0.29, 0.717) is 13.0 Å². The van der Waals surface area contributed by atoms with Gasteiger partial charge in [-0.3, -0.25) is 4.42 Å². The lowest BCUT2D eigenvalue weighted by Crippen LogP contribution is -2.10. The number of hydrogen-bond donors (Lipinski definition) is 1. The molecule has 15 heavy (non-hydrogen) atoms.